The third-order valence-electron chi connectivity index (χ3n) is 4.70. The van der Waals surface area contributed by atoms with Gasteiger partial charge in [0.2, 0.25) is 5.91 Å². The Hall–Kier alpha value is -0.860. The van der Waals surface area contributed by atoms with Gasteiger partial charge in [-0.3, -0.25) is 9.69 Å². The van der Waals surface area contributed by atoms with E-state index in [2.05, 4.69) is 4.90 Å². The maximum Gasteiger partial charge on any atom is 0.224 e. The summed E-state index contributed by atoms with van der Waals surface area (Å²) in [4.78, 5) is 16.2. The maximum atomic E-state index is 12.2. The SMILES string of the molecule is Cl.Cl.NCCC(=O)N1CCN(Cc2ccccc2)[C@@H]2CS(=O)(=O)C[C@@H]21. The van der Waals surface area contributed by atoms with E-state index in [9.17, 15) is 13.2 Å². The number of hydrogen-bond acceptors (Lipinski definition) is 5. The summed E-state index contributed by atoms with van der Waals surface area (Å²) in [6.07, 6.45) is 0.280. The number of hydrogen-bond donors (Lipinski definition) is 1. The van der Waals surface area contributed by atoms with Crippen molar-refractivity contribution in [1.82, 2.24) is 9.80 Å². The normalized spacial score (nSPS) is 24.8. The quantitative estimate of drug-likeness (QED) is 0.790. The van der Waals surface area contributed by atoms with Gasteiger partial charge in [0, 0.05) is 38.6 Å². The first kappa shape index (κ1) is 22.2. The first-order chi connectivity index (χ1) is 11.0. The Morgan fingerprint density at radius 3 is 2.36 bits per heavy atom. The standard InChI is InChI=1S/C16H23N3O3S.2ClH/c17-7-6-16(20)19-9-8-18(10-13-4-2-1-3-5-13)14-11-23(21,22)12-15(14)19;;/h1-5,14-15H,6-12,17H2;2*1H/t14-,15+;;/m1../s1. The molecule has 1 aromatic carbocycles. The average Bonchev–Trinajstić information content (AvgIpc) is 2.84. The molecule has 0 saturated carbocycles. The van der Waals surface area contributed by atoms with Gasteiger partial charge in [0.1, 0.15) is 0 Å². The first-order valence-electron chi connectivity index (χ1n) is 7.98. The van der Waals surface area contributed by atoms with Crippen molar-refractivity contribution in [2.45, 2.75) is 25.0 Å². The number of carbonyl (C=O) groups is 1. The minimum absolute atomic E-state index is 0. The van der Waals surface area contributed by atoms with Crippen LogP contribution < -0.4 is 5.73 Å². The summed E-state index contributed by atoms with van der Waals surface area (Å²) in [5.74, 6) is 0.176. The van der Waals surface area contributed by atoms with E-state index in [0.717, 1.165) is 12.1 Å². The van der Waals surface area contributed by atoms with Crippen LogP contribution in [0.1, 0.15) is 12.0 Å². The average molecular weight is 410 g/mol. The van der Waals surface area contributed by atoms with Crippen molar-refractivity contribution in [3.8, 4) is 0 Å². The summed E-state index contributed by atoms with van der Waals surface area (Å²) in [5.41, 5.74) is 6.64. The van der Waals surface area contributed by atoms with Gasteiger partial charge in [-0.25, -0.2) is 8.42 Å². The van der Waals surface area contributed by atoms with Crippen LogP contribution in [0.15, 0.2) is 30.3 Å². The number of carbonyl (C=O) groups excluding carboxylic acids is 1. The summed E-state index contributed by atoms with van der Waals surface area (Å²) in [7, 11) is -3.10. The fourth-order valence-electron chi connectivity index (χ4n) is 3.62. The summed E-state index contributed by atoms with van der Waals surface area (Å²) >= 11 is 0. The zero-order chi connectivity index (χ0) is 16.4. The van der Waals surface area contributed by atoms with Gasteiger partial charge in [-0.05, 0) is 5.56 Å². The lowest BCUT2D eigenvalue weighted by molar-refractivity contribution is -0.136. The van der Waals surface area contributed by atoms with E-state index in [4.69, 9.17) is 5.73 Å². The molecular weight excluding hydrogens is 385 g/mol. The highest BCUT2D eigenvalue weighted by Crippen LogP contribution is 2.28. The predicted molar refractivity (Wildman–Crippen MR) is 103 cm³/mol. The lowest BCUT2D eigenvalue weighted by Gasteiger charge is -2.44. The van der Waals surface area contributed by atoms with Crippen molar-refractivity contribution in [3.05, 3.63) is 35.9 Å². The number of rotatable bonds is 4. The molecule has 2 N–H and O–H groups in total. The van der Waals surface area contributed by atoms with E-state index in [1.165, 1.54) is 0 Å². The summed E-state index contributed by atoms with van der Waals surface area (Å²) in [6, 6.07) is 9.68. The Balaban J connectivity index is 0.00000156. The highest BCUT2D eigenvalue weighted by Gasteiger charge is 2.47. The number of halogens is 2. The van der Waals surface area contributed by atoms with E-state index in [1.807, 2.05) is 30.3 Å². The second-order valence-electron chi connectivity index (χ2n) is 6.29. The Bertz CT molecular complexity index is 672. The molecule has 2 heterocycles. The smallest absolute Gasteiger partial charge is 0.224 e. The van der Waals surface area contributed by atoms with Crippen molar-refractivity contribution < 1.29 is 13.2 Å². The van der Waals surface area contributed by atoms with Gasteiger partial charge >= 0.3 is 0 Å². The lowest BCUT2D eigenvalue weighted by Crippen LogP contribution is -2.60. The van der Waals surface area contributed by atoms with E-state index in [1.54, 1.807) is 4.90 Å². The predicted octanol–water partition coefficient (Wildman–Crippen LogP) is 0.689. The molecule has 2 saturated heterocycles. The van der Waals surface area contributed by atoms with Crippen LogP contribution in [0.2, 0.25) is 0 Å². The van der Waals surface area contributed by atoms with E-state index < -0.39 is 9.84 Å². The van der Waals surface area contributed by atoms with Crippen LogP contribution in [0.5, 0.6) is 0 Å². The van der Waals surface area contributed by atoms with Gasteiger partial charge in [0.15, 0.2) is 9.84 Å². The molecule has 1 amide bonds. The minimum Gasteiger partial charge on any atom is -0.336 e. The van der Waals surface area contributed by atoms with Crippen molar-refractivity contribution in [1.29, 1.82) is 0 Å². The molecule has 2 aliphatic rings. The molecule has 0 aromatic heterocycles. The monoisotopic (exact) mass is 409 g/mol. The second kappa shape index (κ2) is 9.19. The van der Waals surface area contributed by atoms with E-state index >= 15 is 0 Å². The van der Waals surface area contributed by atoms with Gasteiger partial charge in [0.25, 0.3) is 0 Å². The fourth-order valence-corrected chi connectivity index (χ4v) is 5.63. The highest BCUT2D eigenvalue weighted by atomic mass is 35.5. The van der Waals surface area contributed by atoms with Gasteiger partial charge in [-0.2, -0.15) is 0 Å². The van der Waals surface area contributed by atoms with Crippen molar-refractivity contribution in [2.75, 3.05) is 31.1 Å². The zero-order valence-corrected chi connectivity index (χ0v) is 16.4. The maximum absolute atomic E-state index is 12.2. The van der Waals surface area contributed by atoms with Crippen LogP contribution in [0.3, 0.4) is 0 Å². The molecule has 25 heavy (non-hydrogen) atoms. The third-order valence-corrected chi connectivity index (χ3v) is 6.40. The van der Waals surface area contributed by atoms with Crippen LogP contribution in [-0.4, -0.2) is 67.3 Å². The van der Waals surface area contributed by atoms with Gasteiger partial charge in [-0.1, -0.05) is 30.3 Å². The molecule has 3 rings (SSSR count). The van der Waals surface area contributed by atoms with Crippen molar-refractivity contribution in [3.63, 3.8) is 0 Å². The van der Waals surface area contributed by atoms with Crippen LogP contribution in [-0.2, 0) is 21.2 Å². The first-order valence-corrected chi connectivity index (χ1v) is 9.80. The van der Waals surface area contributed by atoms with Gasteiger partial charge in [0.05, 0.1) is 17.5 Å². The Morgan fingerprint density at radius 1 is 1.08 bits per heavy atom. The highest BCUT2D eigenvalue weighted by molar-refractivity contribution is 7.91. The van der Waals surface area contributed by atoms with E-state index in [0.29, 0.717) is 19.6 Å². The van der Waals surface area contributed by atoms with Crippen molar-refractivity contribution in [2.24, 2.45) is 5.73 Å². The fraction of sp³-hybridized carbons (Fsp3) is 0.562. The van der Waals surface area contributed by atoms with Crippen LogP contribution in [0, 0.1) is 0 Å². The molecule has 0 unspecified atom stereocenters. The third kappa shape index (κ3) is 5.08. The Labute approximate surface area is 161 Å². The minimum atomic E-state index is -3.10. The largest absolute Gasteiger partial charge is 0.336 e. The molecule has 1 aromatic rings. The second-order valence-corrected chi connectivity index (χ2v) is 8.45. The summed E-state index contributed by atoms with van der Waals surface area (Å²) < 4.78 is 24.3. The van der Waals surface area contributed by atoms with Crippen LogP contribution in [0.25, 0.3) is 0 Å². The number of benzene rings is 1. The molecule has 142 valence electrons. The number of fused-ring (bicyclic) bond motifs is 1. The molecule has 9 heteroatoms. The molecule has 0 bridgehead atoms. The topological polar surface area (TPSA) is 83.7 Å². The molecule has 6 nitrogen and oxygen atoms in total. The zero-order valence-electron chi connectivity index (χ0n) is 13.9. The number of amides is 1. The van der Waals surface area contributed by atoms with Crippen molar-refractivity contribution >= 4 is 40.6 Å². The molecule has 2 aliphatic heterocycles. The van der Waals surface area contributed by atoms with Gasteiger partial charge in [-0.15, -0.1) is 24.8 Å². The summed E-state index contributed by atoms with van der Waals surface area (Å²) in [6.45, 7) is 2.29. The lowest BCUT2D eigenvalue weighted by atomic mass is 10.0. The Morgan fingerprint density at radius 2 is 1.72 bits per heavy atom. The number of nitrogens with zero attached hydrogens (tertiary/aromatic N) is 2. The molecule has 0 spiro atoms. The number of sulfone groups is 1. The Kier molecular flexibility index (Phi) is 8.15. The molecule has 2 fully saturated rings. The number of nitrogens with two attached hydrogens (primary N) is 1. The van der Waals surface area contributed by atoms with Crippen LogP contribution in [0.4, 0.5) is 0 Å². The van der Waals surface area contributed by atoms with Crippen LogP contribution >= 0.6 is 24.8 Å². The molecule has 2 atom stereocenters. The van der Waals surface area contributed by atoms with Gasteiger partial charge < -0.3 is 10.6 Å². The van der Waals surface area contributed by atoms with E-state index in [-0.39, 0.29) is 60.7 Å². The summed E-state index contributed by atoms with van der Waals surface area (Å²) in [5, 5.41) is 0. The number of piperazine rings is 1. The molecular formula is C16H25Cl2N3O3S. The molecule has 0 radical (unpaired) electrons. The molecule has 0 aliphatic carbocycles.